The number of benzene rings is 1. The van der Waals surface area contributed by atoms with Gasteiger partial charge >= 0.3 is 5.97 Å². The van der Waals surface area contributed by atoms with Crippen molar-refractivity contribution in [3.8, 4) is 5.88 Å². The SMILES string of the molecule is CS(=O)c1ccc2c(c1)C(=Cc1sc(=S)n(CCCC(=O)O)c1O)C=N2. The summed E-state index contributed by atoms with van der Waals surface area (Å²) in [4.78, 5) is 16.3. The number of aliphatic carboxylic acids is 1. The van der Waals surface area contributed by atoms with Crippen molar-refractivity contribution in [1.82, 2.24) is 4.57 Å². The molecule has 9 heteroatoms. The molecule has 0 aliphatic carbocycles. The van der Waals surface area contributed by atoms with Gasteiger partial charge in [0.05, 0.1) is 10.6 Å². The van der Waals surface area contributed by atoms with Crippen molar-refractivity contribution in [3.05, 3.63) is 32.6 Å². The fraction of sp³-hybridized carbons (Fsp3) is 0.235. The third-order valence-corrected chi connectivity index (χ3v) is 6.21. The van der Waals surface area contributed by atoms with Crippen molar-refractivity contribution in [3.63, 3.8) is 0 Å². The van der Waals surface area contributed by atoms with E-state index >= 15 is 0 Å². The summed E-state index contributed by atoms with van der Waals surface area (Å²) in [6.45, 7) is 0.348. The highest BCUT2D eigenvalue weighted by molar-refractivity contribution is 7.84. The molecule has 0 radical (unpaired) electrons. The Balaban J connectivity index is 1.92. The van der Waals surface area contributed by atoms with Gasteiger partial charge in [0.25, 0.3) is 0 Å². The quantitative estimate of drug-likeness (QED) is 0.709. The third kappa shape index (κ3) is 3.84. The Morgan fingerprint density at radius 2 is 2.23 bits per heavy atom. The molecule has 1 unspecified atom stereocenters. The summed E-state index contributed by atoms with van der Waals surface area (Å²) in [7, 11) is -1.09. The zero-order chi connectivity index (χ0) is 18.8. The highest BCUT2D eigenvalue weighted by Crippen LogP contribution is 2.37. The molecule has 2 N–H and O–H groups in total. The van der Waals surface area contributed by atoms with E-state index in [9.17, 15) is 14.1 Å². The highest BCUT2D eigenvalue weighted by atomic mass is 32.2. The molecule has 0 saturated heterocycles. The van der Waals surface area contributed by atoms with E-state index in [-0.39, 0.29) is 12.3 Å². The van der Waals surface area contributed by atoms with Gasteiger partial charge in [-0.2, -0.15) is 0 Å². The lowest BCUT2D eigenvalue weighted by molar-refractivity contribution is -0.137. The first-order valence-electron chi connectivity index (χ1n) is 7.75. The maximum Gasteiger partial charge on any atom is 0.303 e. The second-order valence-corrected chi connectivity index (χ2v) is 8.75. The Kier molecular flexibility index (Phi) is 5.49. The fourth-order valence-electron chi connectivity index (χ4n) is 2.60. The van der Waals surface area contributed by atoms with E-state index in [0.29, 0.717) is 26.7 Å². The summed E-state index contributed by atoms with van der Waals surface area (Å²) >= 11 is 6.54. The first-order chi connectivity index (χ1) is 12.4. The molecule has 136 valence electrons. The number of aromatic nitrogens is 1. The van der Waals surface area contributed by atoms with Gasteiger partial charge in [-0.25, -0.2) is 0 Å². The molecular formula is C17H16N2O4S3. The smallest absolute Gasteiger partial charge is 0.303 e. The van der Waals surface area contributed by atoms with E-state index in [0.717, 1.165) is 16.8 Å². The van der Waals surface area contributed by atoms with Crippen LogP contribution in [0.5, 0.6) is 5.88 Å². The minimum atomic E-state index is -1.09. The Hall–Kier alpha value is -2.10. The van der Waals surface area contributed by atoms with Crippen LogP contribution in [0.2, 0.25) is 0 Å². The van der Waals surface area contributed by atoms with Gasteiger partial charge in [-0.3, -0.25) is 18.6 Å². The van der Waals surface area contributed by atoms with Crippen molar-refractivity contribution in [2.24, 2.45) is 4.99 Å². The number of carboxylic acid groups (broad SMARTS) is 1. The molecule has 1 aliphatic heterocycles. The van der Waals surface area contributed by atoms with Crippen molar-refractivity contribution < 1.29 is 19.2 Å². The molecule has 3 rings (SSSR count). The second-order valence-electron chi connectivity index (χ2n) is 5.70. The summed E-state index contributed by atoms with van der Waals surface area (Å²) in [5, 5.41) is 19.2. The number of thiazole rings is 1. The molecule has 0 amide bonds. The monoisotopic (exact) mass is 408 g/mol. The molecule has 1 atom stereocenters. The molecule has 2 heterocycles. The van der Waals surface area contributed by atoms with Crippen LogP contribution in [0.25, 0.3) is 11.6 Å². The molecule has 26 heavy (non-hydrogen) atoms. The van der Waals surface area contributed by atoms with Crippen molar-refractivity contribution in [2.75, 3.05) is 6.26 Å². The Morgan fingerprint density at radius 3 is 2.92 bits per heavy atom. The number of rotatable bonds is 6. The zero-order valence-corrected chi connectivity index (χ0v) is 16.3. The van der Waals surface area contributed by atoms with Gasteiger partial charge in [0.2, 0.25) is 5.88 Å². The largest absolute Gasteiger partial charge is 0.493 e. The van der Waals surface area contributed by atoms with E-state index in [2.05, 4.69) is 4.99 Å². The molecule has 1 aromatic heterocycles. The molecule has 1 aliphatic rings. The minimum Gasteiger partial charge on any atom is -0.493 e. The van der Waals surface area contributed by atoms with Crippen LogP contribution in [-0.2, 0) is 22.1 Å². The third-order valence-electron chi connectivity index (χ3n) is 3.91. The molecule has 6 nitrogen and oxygen atoms in total. The Morgan fingerprint density at radius 1 is 1.46 bits per heavy atom. The Labute approximate surface area is 161 Å². The van der Waals surface area contributed by atoms with Crippen molar-refractivity contribution in [2.45, 2.75) is 24.3 Å². The predicted octanol–water partition coefficient (Wildman–Crippen LogP) is 3.84. The van der Waals surface area contributed by atoms with Gasteiger partial charge in [0.15, 0.2) is 3.95 Å². The van der Waals surface area contributed by atoms with Gasteiger partial charge in [-0.1, -0.05) is 0 Å². The number of carbonyl (C=O) groups is 1. The number of hydrogen-bond donors (Lipinski definition) is 2. The molecule has 0 spiro atoms. The molecule has 2 aromatic rings. The first kappa shape index (κ1) is 18.7. The van der Waals surface area contributed by atoms with E-state index in [1.54, 1.807) is 29.2 Å². The molecule has 1 aromatic carbocycles. The van der Waals surface area contributed by atoms with Crippen LogP contribution in [0, 0.1) is 3.95 Å². The minimum absolute atomic E-state index is 0.0183. The lowest BCUT2D eigenvalue weighted by Gasteiger charge is -2.04. The number of hydrogen-bond acceptors (Lipinski definition) is 6. The average molecular weight is 409 g/mol. The van der Waals surface area contributed by atoms with Crippen LogP contribution in [0.1, 0.15) is 23.3 Å². The number of nitrogens with zero attached hydrogens (tertiary/aromatic N) is 2. The number of carboxylic acids is 1. The zero-order valence-electron chi connectivity index (χ0n) is 13.8. The predicted molar refractivity (Wildman–Crippen MR) is 106 cm³/mol. The average Bonchev–Trinajstić information content (AvgIpc) is 3.10. The number of aliphatic imine (C=N–C) groups is 1. The summed E-state index contributed by atoms with van der Waals surface area (Å²) in [6.07, 6.45) is 5.52. The lowest BCUT2D eigenvalue weighted by atomic mass is 10.1. The summed E-state index contributed by atoms with van der Waals surface area (Å²) in [5.41, 5.74) is 2.44. The van der Waals surface area contributed by atoms with E-state index in [1.807, 2.05) is 12.1 Å². The van der Waals surface area contributed by atoms with E-state index in [1.165, 1.54) is 11.3 Å². The Bertz CT molecular complexity index is 1020. The lowest BCUT2D eigenvalue weighted by Crippen LogP contribution is -2.01. The van der Waals surface area contributed by atoms with Gasteiger partial charge in [-0.05, 0) is 42.9 Å². The van der Waals surface area contributed by atoms with Crippen LogP contribution >= 0.6 is 23.6 Å². The summed E-state index contributed by atoms with van der Waals surface area (Å²) < 4.78 is 13.7. The van der Waals surface area contributed by atoms with Gasteiger partial charge < -0.3 is 10.2 Å². The van der Waals surface area contributed by atoms with Gasteiger partial charge in [0.1, 0.15) is 0 Å². The highest BCUT2D eigenvalue weighted by Gasteiger charge is 2.17. The summed E-state index contributed by atoms with van der Waals surface area (Å²) in [6, 6.07) is 5.45. The van der Waals surface area contributed by atoms with Crippen LogP contribution in [0.15, 0.2) is 28.1 Å². The van der Waals surface area contributed by atoms with Crippen LogP contribution < -0.4 is 0 Å². The van der Waals surface area contributed by atoms with Crippen LogP contribution in [-0.4, -0.2) is 37.4 Å². The molecule has 0 saturated carbocycles. The fourth-order valence-corrected chi connectivity index (χ4v) is 4.45. The maximum absolute atomic E-state index is 11.7. The number of fused-ring (bicyclic) bond motifs is 1. The van der Waals surface area contributed by atoms with Crippen molar-refractivity contribution >= 4 is 63.9 Å². The maximum atomic E-state index is 11.7. The first-order valence-corrected chi connectivity index (χ1v) is 10.5. The molecule has 0 bridgehead atoms. The molecular weight excluding hydrogens is 392 g/mol. The normalized spacial score (nSPS) is 15.3. The standard InChI is InChI=1S/C17H16N2O4S3/c1-26(23)11-4-5-13-12(8-11)10(9-18-13)7-14-16(22)19(17(24)25-14)6-2-3-15(20)21/h4-5,7-9,22H,2-3,6H2,1H3,(H,20,21). The number of aromatic hydroxyl groups is 1. The summed E-state index contributed by atoms with van der Waals surface area (Å²) in [5.74, 6) is -0.855. The van der Waals surface area contributed by atoms with E-state index < -0.39 is 16.8 Å². The van der Waals surface area contributed by atoms with Crippen LogP contribution in [0.4, 0.5) is 5.69 Å². The van der Waals surface area contributed by atoms with Crippen molar-refractivity contribution in [1.29, 1.82) is 0 Å². The topological polar surface area (TPSA) is 91.9 Å². The molecule has 0 fully saturated rings. The van der Waals surface area contributed by atoms with Gasteiger partial charge in [-0.15, -0.1) is 11.3 Å². The van der Waals surface area contributed by atoms with Gasteiger partial charge in [0, 0.05) is 52.3 Å². The second kappa shape index (κ2) is 7.65. The van der Waals surface area contributed by atoms with E-state index in [4.69, 9.17) is 17.3 Å². The van der Waals surface area contributed by atoms with Crippen LogP contribution in [0.3, 0.4) is 0 Å². The number of allylic oxidation sites excluding steroid dienone is 1.